The van der Waals surface area contributed by atoms with Crippen LogP contribution >= 0.6 is 11.6 Å². The molecule has 0 unspecified atom stereocenters. The van der Waals surface area contributed by atoms with E-state index in [4.69, 9.17) is 21.1 Å². The van der Waals surface area contributed by atoms with E-state index in [-0.39, 0.29) is 24.3 Å². The molecule has 1 amide bonds. The van der Waals surface area contributed by atoms with Crippen molar-refractivity contribution in [2.45, 2.75) is 52.1 Å². The summed E-state index contributed by atoms with van der Waals surface area (Å²) in [6.07, 6.45) is -3.51. The van der Waals surface area contributed by atoms with E-state index in [1.165, 1.54) is 11.6 Å². The lowest BCUT2D eigenvalue weighted by atomic mass is 10.1. The van der Waals surface area contributed by atoms with E-state index in [1.54, 1.807) is 49.9 Å². The zero-order chi connectivity index (χ0) is 26.3. The highest BCUT2D eigenvalue weighted by molar-refractivity contribution is 6.28. The van der Waals surface area contributed by atoms with E-state index in [9.17, 15) is 18.0 Å². The van der Waals surface area contributed by atoms with Crippen molar-refractivity contribution in [3.05, 3.63) is 58.3 Å². The van der Waals surface area contributed by atoms with E-state index < -0.39 is 23.6 Å². The highest BCUT2D eigenvalue weighted by Crippen LogP contribution is 2.31. The molecule has 192 valence electrons. The van der Waals surface area contributed by atoms with Gasteiger partial charge in [0.25, 0.3) is 0 Å². The molecule has 3 aromatic rings. The van der Waals surface area contributed by atoms with Crippen molar-refractivity contribution in [2.24, 2.45) is 7.05 Å². The van der Waals surface area contributed by atoms with Crippen molar-refractivity contribution in [1.29, 1.82) is 0 Å². The average Bonchev–Trinajstić information content (AvgIpc) is 3.18. The summed E-state index contributed by atoms with van der Waals surface area (Å²) in [5.41, 5.74) is 1.13. The maximum atomic E-state index is 13.0. The molecule has 1 aliphatic heterocycles. The third-order valence-corrected chi connectivity index (χ3v) is 5.58. The smallest absolute Gasteiger partial charge is 0.434 e. The number of aryl methyl sites for hydroxylation is 1. The summed E-state index contributed by atoms with van der Waals surface area (Å²) in [7, 11) is 1.51. The van der Waals surface area contributed by atoms with Gasteiger partial charge in [0.2, 0.25) is 11.2 Å². The number of nitrogens with zero attached hydrogens (tertiary/aromatic N) is 5. The summed E-state index contributed by atoms with van der Waals surface area (Å²) >= 11 is 6.11. The third kappa shape index (κ3) is 5.89. The molecule has 0 radical (unpaired) electrons. The van der Waals surface area contributed by atoms with Gasteiger partial charge in [-0.1, -0.05) is 24.3 Å². The van der Waals surface area contributed by atoms with Crippen LogP contribution in [0.3, 0.4) is 0 Å². The number of hydrogen-bond acceptors (Lipinski definition) is 6. The van der Waals surface area contributed by atoms with Gasteiger partial charge in [0, 0.05) is 30.9 Å². The zero-order valence-corrected chi connectivity index (χ0v) is 20.9. The summed E-state index contributed by atoms with van der Waals surface area (Å²) in [5.74, 6) is 0.540. The predicted molar refractivity (Wildman–Crippen MR) is 125 cm³/mol. The van der Waals surface area contributed by atoms with Gasteiger partial charge in [-0.05, 0) is 44.4 Å². The minimum absolute atomic E-state index is 0.000359. The standard InChI is InChI=1S/C24H25ClF3N5O3/c1-23(2,3)36-22(34)33-10-9-16-17(11-33)29-21(25)31-20(16)35-13-14-5-7-15(8-6-14)19-30-18(12-32(19)4)24(26,27)28/h5-8,12H,9-11,13H2,1-4H3. The van der Waals surface area contributed by atoms with E-state index in [1.807, 2.05) is 0 Å². The fourth-order valence-electron chi connectivity index (χ4n) is 3.74. The number of rotatable bonds is 4. The van der Waals surface area contributed by atoms with Crippen LogP contribution in [0, 0.1) is 0 Å². The monoisotopic (exact) mass is 523 g/mol. The molecule has 0 saturated carbocycles. The maximum absolute atomic E-state index is 13.0. The van der Waals surface area contributed by atoms with Gasteiger partial charge in [0.15, 0.2) is 5.69 Å². The van der Waals surface area contributed by atoms with Gasteiger partial charge in [-0.25, -0.2) is 14.8 Å². The second-order valence-corrected chi connectivity index (χ2v) is 9.76. The Morgan fingerprint density at radius 3 is 2.42 bits per heavy atom. The fraction of sp³-hybridized carbons (Fsp3) is 0.417. The van der Waals surface area contributed by atoms with Crippen LogP contribution in [-0.2, 0) is 37.5 Å². The van der Waals surface area contributed by atoms with Crippen LogP contribution in [0.1, 0.15) is 43.3 Å². The van der Waals surface area contributed by atoms with Crippen LogP contribution in [0.25, 0.3) is 11.4 Å². The van der Waals surface area contributed by atoms with Crippen molar-refractivity contribution in [2.75, 3.05) is 6.54 Å². The van der Waals surface area contributed by atoms with Crippen LogP contribution < -0.4 is 4.74 Å². The molecule has 1 aliphatic rings. The van der Waals surface area contributed by atoms with Gasteiger partial charge in [-0.15, -0.1) is 0 Å². The number of alkyl halides is 3. The van der Waals surface area contributed by atoms with Crippen LogP contribution in [0.15, 0.2) is 30.5 Å². The number of carbonyl (C=O) groups is 1. The Bertz CT molecular complexity index is 1270. The summed E-state index contributed by atoms with van der Waals surface area (Å²) in [6.45, 7) is 6.20. The molecular formula is C24H25ClF3N5O3. The number of halogens is 4. The summed E-state index contributed by atoms with van der Waals surface area (Å²) in [5, 5.41) is 0.000359. The van der Waals surface area contributed by atoms with E-state index >= 15 is 0 Å². The number of aromatic nitrogens is 4. The molecule has 0 aliphatic carbocycles. The van der Waals surface area contributed by atoms with Crippen molar-refractivity contribution in [3.8, 4) is 17.3 Å². The number of benzene rings is 1. The Kier molecular flexibility index (Phi) is 6.87. The van der Waals surface area contributed by atoms with Gasteiger partial charge >= 0.3 is 12.3 Å². The second-order valence-electron chi connectivity index (χ2n) is 9.42. The lowest BCUT2D eigenvalue weighted by Crippen LogP contribution is -2.40. The van der Waals surface area contributed by atoms with Crippen molar-refractivity contribution in [1.82, 2.24) is 24.4 Å². The summed E-state index contributed by atoms with van der Waals surface area (Å²) in [4.78, 5) is 26.2. The molecule has 36 heavy (non-hydrogen) atoms. The number of ether oxygens (including phenoxy) is 2. The van der Waals surface area contributed by atoms with E-state index in [2.05, 4.69) is 15.0 Å². The average molecular weight is 524 g/mol. The first kappa shape index (κ1) is 25.7. The third-order valence-electron chi connectivity index (χ3n) is 5.41. The van der Waals surface area contributed by atoms with Gasteiger partial charge in [0.1, 0.15) is 18.0 Å². The molecule has 0 bridgehead atoms. The molecule has 0 atom stereocenters. The number of amides is 1. The molecule has 12 heteroatoms. The minimum atomic E-state index is -4.51. The maximum Gasteiger partial charge on any atom is 0.434 e. The Morgan fingerprint density at radius 1 is 1.11 bits per heavy atom. The first-order chi connectivity index (χ1) is 16.8. The molecule has 0 saturated heterocycles. The quantitative estimate of drug-likeness (QED) is 0.425. The zero-order valence-electron chi connectivity index (χ0n) is 20.2. The molecular weight excluding hydrogens is 499 g/mol. The highest BCUT2D eigenvalue weighted by Gasteiger charge is 2.34. The van der Waals surface area contributed by atoms with Gasteiger partial charge in [-0.3, -0.25) is 0 Å². The topological polar surface area (TPSA) is 82.4 Å². The lowest BCUT2D eigenvalue weighted by Gasteiger charge is -2.31. The molecule has 8 nitrogen and oxygen atoms in total. The number of imidazole rings is 1. The largest absolute Gasteiger partial charge is 0.472 e. The Morgan fingerprint density at radius 2 is 1.81 bits per heavy atom. The van der Waals surface area contributed by atoms with Gasteiger partial charge < -0.3 is 18.9 Å². The van der Waals surface area contributed by atoms with Crippen molar-refractivity contribution >= 4 is 17.7 Å². The van der Waals surface area contributed by atoms with Gasteiger partial charge in [-0.2, -0.15) is 18.2 Å². The van der Waals surface area contributed by atoms with Crippen LogP contribution in [0.4, 0.5) is 18.0 Å². The Balaban J connectivity index is 1.46. The SMILES string of the molecule is Cn1cc(C(F)(F)F)nc1-c1ccc(COc2nc(Cl)nc3c2CCN(C(=O)OC(C)(C)C)C3)cc1. The molecule has 3 heterocycles. The molecule has 0 spiro atoms. The fourth-order valence-corrected chi connectivity index (χ4v) is 3.92. The lowest BCUT2D eigenvalue weighted by molar-refractivity contribution is -0.140. The molecule has 2 aromatic heterocycles. The number of hydrogen-bond donors (Lipinski definition) is 0. The Hall–Kier alpha value is -3.34. The summed E-state index contributed by atoms with van der Waals surface area (Å²) < 4.78 is 51.6. The second kappa shape index (κ2) is 9.61. The number of carbonyl (C=O) groups excluding carboxylic acids is 1. The number of fused-ring (bicyclic) bond motifs is 1. The molecule has 0 N–H and O–H groups in total. The van der Waals surface area contributed by atoms with Crippen molar-refractivity contribution < 1.29 is 27.4 Å². The van der Waals surface area contributed by atoms with Crippen molar-refractivity contribution in [3.63, 3.8) is 0 Å². The first-order valence-electron chi connectivity index (χ1n) is 11.2. The molecule has 4 rings (SSSR count). The highest BCUT2D eigenvalue weighted by atomic mass is 35.5. The minimum Gasteiger partial charge on any atom is -0.472 e. The molecule has 1 aromatic carbocycles. The molecule has 0 fully saturated rings. The summed E-state index contributed by atoms with van der Waals surface area (Å²) in [6, 6.07) is 6.86. The normalized spacial score (nSPS) is 13.9. The van der Waals surface area contributed by atoms with E-state index in [0.29, 0.717) is 30.1 Å². The predicted octanol–water partition coefficient (Wildman–Crippen LogP) is 5.42. The van der Waals surface area contributed by atoms with Crippen LogP contribution in [0.2, 0.25) is 5.28 Å². The van der Waals surface area contributed by atoms with Gasteiger partial charge in [0.05, 0.1) is 12.2 Å². The first-order valence-corrected chi connectivity index (χ1v) is 11.5. The van der Waals surface area contributed by atoms with E-state index in [0.717, 1.165) is 17.3 Å². The van der Waals surface area contributed by atoms with Crippen LogP contribution in [0.5, 0.6) is 5.88 Å². The Labute approximate surface area is 211 Å². The van der Waals surface area contributed by atoms with Crippen LogP contribution in [-0.4, -0.2) is 42.7 Å².